The minimum Gasteiger partial charge on any atom is -0.336 e. The zero-order valence-corrected chi connectivity index (χ0v) is 16.8. The summed E-state index contributed by atoms with van der Waals surface area (Å²) < 4.78 is 0. The molecule has 0 aromatic carbocycles. The molecule has 2 aromatic rings. The maximum Gasteiger partial charge on any atom is 0.264 e. The quantitative estimate of drug-likeness (QED) is 0.858. The number of hydrogen-bond acceptors (Lipinski definition) is 5. The predicted octanol–water partition coefficient (Wildman–Crippen LogP) is 2.49. The summed E-state index contributed by atoms with van der Waals surface area (Å²) in [7, 11) is 0. The van der Waals surface area contributed by atoms with E-state index in [1.54, 1.807) is 4.90 Å². The van der Waals surface area contributed by atoms with Gasteiger partial charge in [0.25, 0.3) is 11.5 Å². The zero-order chi connectivity index (χ0) is 19.7. The van der Waals surface area contributed by atoms with Crippen LogP contribution in [-0.2, 0) is 17.8 Å². The van der Waals surface area contributed by atoms with Crippen LogP contribution in [0.2, 0.25) is 0 Å². The van der Waals surface area contributed by atoms with Gasteiger partial charge in [0.05, 0.1) is 23.2 Å². The van der Waals surface area contributed by atoms with Crippen molar-refractivity contribution < 1.29 is 9.59 Å². The molecule has 1 atom stereocenters. The molecule has 0 saturated carbocycles. The third kappa shape index (κ3) is 3.48. The molecular weight excluding hydrogens is 376 g/mol. The van der Waals surface area contributed by atoms with Gasteiger partial charge < -0.3 is 14.8 Å². The van der Waals surface area contributed by atoms with Crippen molar-refractivity contribution in [2.75, 3.05) is 13.1 Å². The average Bonchev–Trinajstić information content (AvgIpc) is 3.27. The highest BCUT2D eigenvalue weighted by atomic mass is 32.1. The van der Waals surface area contributed by atoms with Gasteiger partial charge in [-0.1, -0.05) is 13.0 Å². The lowest BCUT2D eigenvalue weighted by atomic mass is 10.00. The van der Waals surface area contributed by atoms with Gasteiger partial charge in [-0.25, -0.2) is 4.98 Å². The lowest BCUT2D eigenvalue weighted by Crippen LogP contribution is -2.42. The number of H-pyrrole nitrogens is 1. The summed E-state index contributed by atoms with van der Waals surface area (Å²) in [5.74, 6) is 0.600. The van der Waals surface area contributed by atoms with Crippen molar-refractivity contribution >= 4 is 23.2 Å². The molecule has 1 N–H and O–H groups in total. The van der Waals surface area contributed by atoms with Crippen LogP contribution in [0.1, 0.15) is 65.4 Å². The molecule has 2 aliphatic heterocycles. The van der Waals surface area contributed by atoms with Crippen LogP contribution in [0.3, 0.4) is 0 Å². The fourth-order valence-electron chi connectivity index (χ4n) is 4.05. The number of amides is 2. The Hall–Kier alpha value is -2.48. The first-order valence-corrected chi connectivity index (χ1v) is 10.7. The van der Waals surface area contributed by atoms with E-state index < -0.39 is 0 Å². The SMILES string of the molecule is CCC(=O)N1CCc2c(nc(C3CCCCN3C(=O)c3cccs3)[nH]c2=O)C1. The third-order valence-corrected chi connectivity index (χ3v) is 6.42. The number of rotatable bonds is 3. The molecule has 148 valence electrons. The minimum atomic E-state index is -0.237. The predicted molar refractivity (Wildman–Crippen MR) is 106 cm³/mol. The molecular formula is C20H24N4O3S. The Balaban J connectivity index is 1.66. The second kappa shape index (κ2) is 7.87. The molecule has 7 nitrogen and oxygen atoms in total. The van der Waals surface area contributed by atoms with Crippen LogP contribution in [0.25, 0.3) is 0 Å². The summed E-state index contributed by atoms with van der Waals surface area (Å²) in [5, 5.41) is 1.89. The summed E-state index contributed by atoms with van der Waals surface area (Å²) >= 11 is 1.43. The Bertz CT molecular complexity index is 937. The number of aromatic nitrogens is 2. The van der Waals surface area contributed by atoms with Crippen LogP contribution in [0.15, 0.2) is 22.3 Å². The number of thiophene rings is 1. The van der Waals surface area contributed by atoms with Crippen LogP contribution >= 0.6 is 11.3 Å². The maximum atomic E-state index is 13.0. The van der Waals surface area contributed by atoms with Crippen molar-refractivity contribution in [3.8, 4) is 0 Å². The highest BCUT2D eigenvalue weighted by Crippen LogP contribution is 2.31. The van der Waals surface area contributed by atoms with Crippen LogP contribution in [0.5, 0.6) is 0 Å². The molecule has 2 amide bonds. The molecule has 0 radical (unpaired) electrons. The van der Waals surface area contributed by atoms with Crippen LogP contribution in [0.4, 0.5) is 0 Å². The molecule has 28 heavy (non-hydrogen) atoms. The van der Waals surface area contributed by atoms with Crippen LogP contribution in [-0.4, -0.2) is 44.7 Å². The fraction of sp³-hybridized carbons (Fsp3) is 0.500. The molecule has 1 saturated heterocycles. The lowest BCUT2D eigenvalue weighted by Gasteiger charge is -2.35. The molecule has 8 heteroatoms. The van der Waals surface area contributed by atoms with E-state index in [0.29, 0.717) is 54.4 Å². The Morgan fingerprint density at radius 3 is 2.93 bits per heavy atom. The first-order chi connectivity index (χ1) is 13.6. The lowest BCUT2D eigenvalue weighted by molar-refractivity contribution is -0.131. The molecule has 0 spiro atoms. The molecule has 0 aliphatic carbocycles. The first kappa shape index (κ1) is 18.9. The number of fused-ring (bicyclic) bond motifs is 1. The van der Waals surface area contributed by atoms with E-state index in [1.165, 1.54) is 11.3 Å². The number of carbonyl (C=O) groups is 2. The number of piperidine rings is 1. The second-order valence-electron chi connectivity index (χ2n) is 7.28. The number of likely N-dealkylation sites (tertiary alicyclic amines) is 1. The Morgan fingerprint density at radius 1 is 1.32 bits per heavy atom. The smallest absolute Gasteiger partial charge is 0.264 e. The van der Waals surface area contributed by atoms with Crippen molar-refractivity contribution in [2.24, 2.45) is 0 Å². The highest BCUT2D eigenvalue weighted by Gasteiger charge is 2.32. The van der Waals surface area contributed by atoms with Gasteiger partial charge in [0.15, 0.2) is 0 Å². The standard InChI is InChI=1S/C20H24N4O3S/c1-2-17(25)23-10-8-13-14(12-23)21-18(22-19(13)26)15-6-3-4-9-24(15)20(27)16-7-5-11-28-16/h5,7,11,15H,2-4,6,8-10,12H2,1H3,(H,21,22,26). The van der Waals surface area contributed by atoms with Crippen LogP contribution < -0.4 is 5.56 Å². The van der Waals surface area contributed by atoms with Gasteiger partial charge in [-0.2, -0.15) is 0 Å². The number of nitrogens with one attached hydrogen (secondary N) is 1. The Kier molecular flexibility index (Phi) is 5.30. The van der Waals surface area contributed by atoms with Crippen molar-refractivity contribution in [2.45, 2.75) is 51.6 Å². The van der Waals surface area contributed by atoms with E-state index in [1.807, 2.05) is 29.3 Å². The molecule has 1 fully saturated rings. The van der Waals surface area contributed by atoms with E-state index in [0.717, 1.165) is 19.3 Å². The Labute approximate surface area is 167 Å². The maximum absolute atomic E-state index is 13.0. The summed E-state index contributed by atoms with van der Waals surface area (Å²) in [6.45, 7) is 3.41. The molecule has 4 rings (SSSR count). The van der Waals surface area contributed by atoms with Gasteiger partial charge in [-0.05, 0) is 37.1 Å². The third-order valence-electron chi connectivity index (χ3n) is 5.56. The number of nitrogens with zero attached hydrogens (tertiary/aromatic N) is 3. The number of hydrogen-bond donors (Lipinski definition) is 1. The summed E-state index contributed by atoms with van der Waals surface area (Å²) in [6.07, 6.45) is 3.67. The van der Waals surface area contributed by atoms with E-state index in [2.05, 4.69) is 4.98 Å². The number of carbonyl (C=O) groups excluding carboxylic acids is 2. The molecule has 0 bridgehead atoms. The van der Waals surface area contributed by atoms with E-state index in [9.17, 15) is 14.4 Å². The van der Waals surface area contributed by atoms with Gasteiger partial charge in [0.2, 0.25) is 5.91 Å². The summed E-state index contributed by atoms with van der Waals surface area (Å²) in [5.41, 5.74) is 1.19. The van der Waals surface area contributed by atoms with E-state index >= 15 is 0 Å². The molecule has 2 aliphatic rings. The normalized spacial score (nSPS) is 19.4. The van der Waals surface area contributed by atoms with Gasteiger partial charge in [0.1, 0.15) is 5.82 Å². The molecule has 4 heterocycles. The summed E-state index contributed by atoms with van der Waals surface area (Å²) in [4.78, 5) is 49.7. The van der Waals surface area contributed by atoms with E-state index in [4.69, 9.17) is 4.98 Å². The van der Waals surface area contributed by atoms with Gasteiger partial charge in [-0.3, -0.25) is 14.4 Å². The zero-order valence-electron chi connectivity index (χ0n) is 15.9. The Morgan fingerprint density at radius 2 is 2.18 bits per heavy atom. The number of aromatic amines is 1. The van der Waals surface area contributed by atoms with Crippen molar-refractivity contribution in [1.82, 2.24) is 19.8 Å². The fourth-order valence-corrected chi connectivity index (χ4v) is 4.73. The van der Waals surface area contributed by atoms with Gasteiger partial charge in [0, 0.05) is 25.1 Å². The van der Waals surface area contributed by atoms with Crippen molar-refractivity contribution in [3.05, 3.63) is 49.8 Å². The average molecular weight is 401 g/mol. The van der Waals surface area contributed by atoms with Crippen molar-refractivity contribution in [3.63, 3.8) is 0 Å². The minimum absolute atomic E-state index is 0.0112. The molecule has 1 unspecified atom stereocenters. The highest BCUT2D eigenvalue weighted by molar-refractivity contribution is 7.12. The first-order valence-electron chi connectivity index (χ1n) is 9.82. The molecule has 2 aromatic heterocycles. The van der Waals surface area contributed by atoms with Crippen LogP contribution in [0, 0.1) is 0 Å². The van der Waals surface area contributed by atoms with Gasteiger partial charge >= 0.3 is 0 Å². The van der Waals surface area contributed by atoms with E-state index in [-0.39, 0.29) is 23.4 Å². The largest absolute Gasteiger partial charge is 0.336 e. The van der Waals surface area contributed by atoms with Crippen molar-refractivity contribution in [1.29, 1.82) is 0 Å². The topological polar surface area (TPSA) is 86.4 Å². The second-order valence-corrected chi connectivity index (χ2v) is 8.23. The van der Waals surface area contributed by atoms with Gasteiger partial charge in [-0.15, -0.1) is 11.3 Å². The summed E-state index contributed by atoms with van der Waals surface area (Å²) in [6, 6.07) is 3.46. The monoisotopic (exact) mass is 400 g/mol.